The summed E-state index contributed by atoms with van der Waals surface area (Å²) in [5.74, 6) is 0.222. The van der Waals surface area contributed by atoms with Crippen molar-refractivity contribution in [2.75, 3.05) is 27.2 Å². The number of benzene rings is 2. The SMILES string of the molecule is CN1CC[C@]23c4c5ccc(O)c4O[C@H]2C(=O)C[C@@H](O)C3(O)[C@H]1C5.CN1CC[C@]23c4c5ccc(O)c4O[C@H]2C(=O)C[C@H](O)C3(O)[C@H]1C5. The number of ether oxygens (including phenoxy) is 2. The van der Waals surface area contributed by atoms with Gasteiger partial charge in [-0.2, -0.15) is 0 Å². The highest BCUT2D eigenvalue weighted by Gasteiger charge is 2.77. The number of nitrogens with zero attached hydrogens (tertiary/aromatic N) is 2. The molecule has 2 aromatic carbocycles. The van der Waals surface area contributed by atoms with Gasteiger partial charge >= 0.3 is 0 Å². The minimum atomic E-state index is -1.44. The van der Waals surface area contributed by atoms with Crippen molar-refractivity contribution in [1.82, 2.24) is 9.80 Å². The van der Waals surface area contributed by atoms with Crippen LogP contribution in [0.5, 0.6) is 23.0 Å². The maximum atomic E-state index is 12.6. The van der Waals surface area contributed by atoms with E-state index in [2.05, 4.69) is 9.80 Å². The van der Waals surface area contributed by atoms with Crippen molar-refractivity contribution in [3.63, 3.8) is 0 Å². The number of carbonyl (C=O) groups excluding carboxylic acids is 2. The lowest BCUT2D eigenvalue weighted by Crippen LogP contribution is -2.80. The summed E-state index contributed by atoms with van der Waals surface area (Å²) in [4.78, 5) is 29.3. The van der Waals surface area contributed by atoms with Gasteiger partial charge in [0.1, 0.15) is 11.2 Å². The van der Waals surface area contributed by atoms with Gasteiger partial charge in [0.05, 0.1) is 23.0 Å². The highest BCUT2D eigenvalue weighted by molar-refractivity contribution is 5.91. The van der Waals surface area contributed by atoms with Crippen LogP contribution >= 0.6 is 0 Å². The molecule has 2 saturated carbocycles. The van der Waals surface area contributed by atoms with Crippen LogP contribution in [0, 0.1) is 0 Å². The van der Waals surface area contributed by atoms with Crippen LogP contribution in [0.25, 0.3) is 0 Å². The maximum Gasteiger partial charge on any atom is 0.177 e. The van der Waals surface area contributed by atoms with E-state index in [-0.39, 0.29) is 48.0 Å². The lowest BCUT2D eigenvalue weighted by Gasteiger charge is -2.63. The minimum absolute atomic E-state index is 0.00505. The molecule has 4 aliphatic carbocycles. The first-order valence-electron chi connectivity index (χ1n) is 16.1. The lowest BCUT2D eigenvalue weighted by molar-refractivity contribution is -0.226. The second-order valence-corrected chi connectivity index (χ2v) is 14.8. The Morgan fingerprint density at radius 1 is 0.674 bits per heavy atom. The molecule has 0 radical (unpaired) electrons. The Morgan fingerprint density at radius 2 is 1.07 bits per heavy atom. The van der Waals surface area contributed by atoms with Crippen molar-refractivity contribution in [3.05, 3.63) is 46.5 Å². The zero-order valence-electron chi connectivity index (χ0n) is 25.6. The average molecular weight is 635 g/mol. The van der Waals surface area contributed by atoms with Crippen LogP contribution in [-0.2, 0) is 33.3 Å². The molecule has 2 saturated heterocycles. The second-order valence-electron chi connectivity index (χ2n) is 14.8. The summed E-state index contributed by atoms with van der Waals surface area (Å²) < 4.78 is 11.8. The zero-order valence-corrected chi connectivity index (χ0v) is 25.6. The molecule has 46 heavy (non-hydrogen) atoms. The van der Waals surface area contributed by atoms with Gasteiger partial charge < -0.3 is 49.9 Å². The molecule has 10 atom stereocenters. The zero-order chi connectivity index (χ0) is 32.3. The number of aliphatic hydroxyl groups excluding tert-OH is 2. The van der Waals surface area contributed by atoms with Gasteiger partial charge in [-0.3, -0.25) is 9.59 Å². The standard InChI is InChI=1S/2C17H19NO5/c2*1-18-5-4-16-13-8-2-3-9(19)14(13)23-15(16)10(20)7-12(21)17(16,22)11(18)6-8/h2*2-3,11-12,15,19,21-22H,4-7H2,1H3/t11-,12+,15+,16+,17?;11-,12-,15+,16+,17?/m11/s1. The largest absolute Gasteiger partial charge is 0.504 e. The van der Waals surface area contributed by atoms with Crippen molar-refractivity contribution < 1.29 is 49.7 Å². The number of likely N-dealkylation sites (tertiary alicyclic amines) is 2. The molecule has 4 bridgehead atoms. The number of carbonyl (C=O) groups is 2. The summed E-state index contributed by atoms with van der Waals surface area (Å²) in [5, 5.41) is 65.1. The van der Waals surface area contributed by atoms with E-state index >= 15 is 0 Å². The molecule has 2 unspecified atom stereocenters. The molecular weight excluding hydrogens is 596 g/mol. The van der Waals surface area contributed by atoms with Gasteiger partial charge in [-0.15, -0.1) is 0 Å². The monoisotopic (exact) mass is 634 g/mol. The average Bonchev–Trinajstić information content (AvgIpc) is 3.56. The molecule has 2 aromatic rings. The normalized spacial score (nSPS) is 44.0. The summed E-state index contributed by atoms with van der Waals surface area (Å²) >= 11 is 0. The van der Waals surface area contributed by atoms with Gasteiger partial charge in [-0.05, 0) is 76.1 Å². The van der Waals surface area contributed by atoms with Gasteiger partial charge in [0, 0.05) is 36.1 Å². The van der Waals surface area contributed by atoms with Crippen molar-refractivity contribution >= 4 is 11.6 Å². The number of rotatable bonds is 0. The Labute approximate surface area is 264 Å². The van der Waals surface area contributed by atoms with E-state index in [9.17, 15) is 40.2 Å². The topological polar surface area (TPSA) is 180 Å². The van der Waals surface area contributed by atoms with Gasteiger partial charge in [0.2, 0.25) is 0 Å². The molecule has 0 amide bonds. The van der Waals surface area contributed by atoms with Crippen molar-refractivity contribution in [3.8, 4) is 23.0 Å². The molecule has 12 nitrogen and oxygen atoms in total. The molecule has 0 aromatic heterocycles. The van der Waals surface area contributed by atoms with E-state index in [0.717, 1.165) is 22.3 Å². The molecule has 4 aliphatic heterocycles. The van der Waals surface area contributed by atoms with E-state index in [4.69, 9.17) is 9.47 Å². The van der Waals surface area contributed by atoms with Crippen LogP contribution in [0.3, 0.4) is 0 Å². The predicted molar refractivity (Wildman–Crippen MR) is 159 cm³/mol. The third kappa shape index (κ3) is 2.91. The number of Topliss-reactive ketones (excluding diaryl/α,β-unsaturated/α-hetero) is 2. The van der Waals surface area contributed by atoms with Crippen molar-refractivity contribution in [2.24, 2.45) is 0 Å². The van der Waals surface area contributed by atoms with Crippen LogP contribution in [0.2, 0.25) is 0 Å². The van der Waals surface area contributed by atoms with E-state index in [1.165, 1.54) is 0 Å². The van der Waals surface area contributed by atoms with Gasteiger partial charge in [0.15, 0.2) is 46.8 Å². The second kappa shape index (κ2) is 8.80. The number of phenolic OH excluding ortho intramolecular Hbond substituents is 2. The minimum Gasteiger partial charge on any atom is -0.504 e. The quantitative estimate of drug-likeness (QED) is 0.218. The smallest absolute Gasteiger partial charge is 0.177 e. The van der Waals surface area contributed by atoms with Crippen molar-refractivity contribution in [1.29, 1.82) is 0 Å². The summed E-state index contributed by atoms with van der Waals surface area (Å²) in [6.45, 7) is 1.42. The Kier molecular flexibility index (Phi) is 5.53. The van der Waals surface area contributed by atoms with Crippen LogP contribution in [0.4, 0.5) is 0 Å². The number of piperidine rings is 2. The fourth-order valence-corrected chi connectivity index (χ4v) is 11.2. The molecule has 4 heterocycles. The van der Waals surface area contributed by atoms with Crippen LogP contribution in [-0.4, -0.2) is 127 Å². The number of likely N-dealkylation sites (N-methyl/N-ethyl adjacent to an activating group) is 2. The van der Waals surface area contributed by atoms with E-state index in [1.807, 2.05) is 26.2 Å². The first-order valence-corrected chi connectivity index (χ1v) is 16.1. The summed E-state index contributed by atoms with van der Waals surface area (Å²) in [6, 6.07) is 6.33. The molecule has 6 N–H and O–H groups in total. The Hall–Kier alpha value is -3.26. The summed E-state index contributed by atoms with van der Waals surface area (Å²) in [6.07, 6.45) is -1.94. The highest BCUT2D eigenvalue weighted by Crippen LogP contribution is 2.66. The molecule has 8 aliphatic rings. The van der Waals surface area contributed by atoms with E-state index in [1.54, 1.807) is 12.1 Å². The molecule has 4 fully saturated rings. The number of aliphatic hydroxyl groups is 4. The Bertz CT molecular complexity index is 1620. The van der Waals surface area contributed by atoms with Crippen molar-refractivity contribution in [2.45, 2.75) is 97.1 Å². The van der Waals surface area contributed by atoms with Crippen LogP contribution < -0.4 is 9.47 Å². The first kappa shape index (κ1) is 28.9. The third-order valence-electron chi connectivity index (χ3n) is 13.1. The third-order valence-corrected chi connectivity index (χ3v) is 13.1. The van der Waals surface area contributed by atoms with Gasteiger partial charge in [-0.25, -0.2) is 0 Å². The van der Waals surface area contributed by atoms with Crippen LogP contribution in [0.15, 0.2) is 24.3 Å². The fourth-order valence-electron chi connectivity index (χ4n) is 11.2. The molecule has 12 heteroatoms. The molecular formula is C34H38N2O10. The number of hydrogen-bond donors (Lipinski definition) is 6. The van der Waals surface area contributed by atoms with Crippen LogP contribution in [0.1, 0.15) is 47.9 Å². The number of aromatic hydroxyl groups is 2. The van der Waals surface area contributed by atoms with E-state index < -0.39 is 46.4 Å². The molecule has 244 valence electrons. The molecule has 2 spiro atoms. The van der Waals surface area contributed by atoms with Gasteiger partial charge in [-0.1, -0.05) is 12.1 Å². The maximum absolute atomic E-state index is 12.6. The summed E-state index contributed by atoms with van der Waals surface area (Å²) in [5.41, 5.74) is -1.34. The number of ketones is 2. The summed E-state index contributed by atoms with van der Waals surface area (Å²) in [7, 11) is 3.88. The van der Waals surface area contributed by atoms with Gasteiger partial charge in [0.25, 0.3) is 0 Å². The first-order chi connectivity index (χ1) is 21.8. The Balaban J connectivity index is 0.000000127. The number of hydrogen-bond acceptors (Lipinski definition) is 12. The lowest BCUT2D eigenvalue weighted by atomic mass is 9.48. The fraction of sp³-hybridized carbons (Fsp3) is 0.588. The number of phenols is 2. The Morgan fingerprint density at radius 3 is 1.46 bits per heavy atom. The van der Waals surface area contributed by atoms with E-state index in [0.29, 0.717) is 50.3 Å². The highest BCUT2D eigenvalue weighted by atomic mass is 16.5. The molecule has 10 rings (SSSR count). The predicted octanol–water partition coefficient (Wildman–Crippen LogP) is -0.568.